The van der Waals surface area contributed by atoms with Crippen LogP contribution >= 0.6 is 0 Å². The average molecular weight is 563 g/mol. The van der Waals surface area contributed by atoms with E-state index in [0.717, 1.165) is 12.1 Å². The van der Waals surface area contributed by atoms with Crippen molar-refractivity contribution in [1.29, 1.82) is 0 Å². The molecule has 0 bridgehead atoms. The minimum absolute atomic E-state index is 0.125. The molecule has 0 spiro atoms. The summed E-state index contributed by atoms with van der Waals surface area (Å²) < 4.78 is 49.4. The third-order valence-corrected chi connectivity index (χ3v) is 6.27. The van der Waals surface area contributed by atoms with Crippen LogP contribution < -0.4 is 29.6 Å². The molecular formula is C31H28F2N2O6. The van der Waals surface area contributed by atoms with E-state index in [1.807, 2.05) is 0 Å². The molecule has 0 aliphatic carbocycles. The van der Waals surface area contributed by atoms with Crippen molar-refractivity contribution in [3.63, 3.8) is 0 Å². The summed E-state index contributed by atoms with van der Waals surface area (Å²) in [5.74, 6) is -0.650. The lowest BCUT2D eigenvalue weighted by atomic mass is 9.99. The van der Waals surface area contributed by atoms with E-state index in [1.54, 1.807) is 24.3 Å². The van der Waals surface area contributed by atoms with Crippen LogP contribution in [0.25, 0.3) is 0 Å². The molecule has 2 N–H and O–H groups in total. The first kappa shape index (κ1) is 28.9. The third kappa shape index (κ3) is 6.73. The lowest BCUT2D eigenvalue weighted by Gasteiger charge is -2.19. The maximum absolute atomic E-state index is 13.8. The van der Waals surface area contributed by atoms with Crippen LogP contribution in [0.15, 0.2) is 72.8 Å². The second kappa shape index (κ2) is 12.8. The van der Waals surface area contributed by atoms with Gasteiger partial charge in [-0.2, -0.15) is 0 Å². The molecule has 4 aromatic rings. The molecule has 4 aromatic carbocycles. The Labute approximate surface area is 235 Å². The summed E-state index contributed by atoms with van der Waals surface area (Å²) >= 11 is 0. The topological polar surface area (TPSA) is 95.1 Å². The van der Waals surface area contributed by atoms with Gasteiger partial charge in [-0.3, -0.25) is 9.59 Å². The minimum Gasteiger partial charge on any atom is -0.493 e. The first-order chi connectivity index (χ1) is 19.8. The molecule has 0 aliphatic heterocycles. The molecule has 0 saturated carbocycles. The van der Waals surface area contributed by atoms with Gasteiger partial charge in [-0.05, 0) is 59.7 Å². The van der Waals surface area contributed by atoms with Crippen LogP contribution in [0.2, 0.25) is 0 Å². The molecule has 0 saturated heterocycles. The molecule has 0 fully saturated rings. The van der Waals surface area contributed by atoms with Gasteiger partial charge in [0.2, 0.25) is 0 Å². The highest BCUT2D eigenvalue weighted by molar-refractivity contribution is 6.06. The van der Waals surface area contributed by atoms with Gasteiger partial charge in [0.1, 0.15) is 11.6 Å². The van der Waals surface area contributed by atoms with Gasteiger partial charge in [0.05, 0.1) is 28.4 Å². The predicted octanol–water partition coefficient (Wildman–Crippen LogP) is 6.09. The lowest BCUT2D eigenvalue weighted by molar-refractivity contribution is 0.101. The molecule has 0 aromatic heterocycles. The number of halogens is 2. The Kier molecular flexibility index (Phi) is 9.03. The molecule has 0 atom stereocenters. The fourth-order valence-electron chi connectivity index (χ4n) is 4.22. The van der Waals surface area contributed by atoms with Crippen LogP contribution in [-0.4, -0.2) is 40.3 Å². The Morgan fingerprint density at radius 1 is 0.585 bits per heavy atom. The van der Waals surface area contributed by atoms with E-state index in [9.17, 15) is 18.4 Å². The first-order valence-electron chi connectivity index (χ1n) is 12.4. The summed E-state index contributed by atoms with van der Waals surface area (Å²) in [6.07, 6.45) is 0.165. The highest BCUT2D eigenvalue weighted by Gasteiger charge is 2.20. The van der Waals surface area contributed by atoms with Gasteiger partial charge in [0.25, 0.3) is 11.8 Å². The van der Waals surface area contributed by atoms with Gasteiger partial charge in [0, 0.05) is 41.1 Å². The maximum atomic E-state index is 13.8. The van der Waals surface area contributed by atoms with Gasteiger partial charge >= 0.3 is 0 Å². The van der Waals surface area contributed by atoms with Gasteiger partial charge in [-0.25, -0.2) is 8.78 Å². The molecule has 41 heavy (non-hydrogen) atoms. The van der Waals surface area contributed by atoms with Crippen LogP contribution in [0.3, 0.4) is 0 Å². The molecule has 2 amide bonds. The smallest absolute Gasteiger partial charge is 0.255 e. The van der Waals surface area contributed by atoms with Gasteiger partial charge < -0.3 is 29.6 Å². The Hall–Kier alpha value is -5.12. The van der Waals surface area contributed by atoms with Crippen LogP contribution in [-0.2, 0) is 6.42 Å². The summed E-state index contributed by atoms with van der Waals surface area (Å²) in [5.41, 5.74) is 2.16. The number of anilines is 2. The standard InChI is InChI=1S/C31H28F2N2O6/c1-38-26-14-20(24(16-28(26)40-3)34-30(36)18-7-5-9-22(32)12-18)11-21-15-27(39-2)29(41-4)17-25(21)35-31(37)19-8-6-10-23(33)13-19/h5-10,12-17H,11H2,1-4H3,(H,34,36)(H,35,37). The SMILES string of the molecule is COc1cc(Cc2cc(OC)c(OC)cc2NC(=O)c2cccc(F)c2)c(NC(=O)c2cccc(F)c2)cc1OC. The van der Waals surface area contributed by atoms with Crippen molar-refractivity contribution in [2.24, 2.45) is 0 Å². The predicted molar refractivity (Wildman–Crippen MR) is 151 cm³/mol. The van der Waals surface area contributed by atoms with Crippen molar-refractivity contribution >= 4 is 23.2 Å². The van der Waals surface area contributed by atoms with Gasteiger partial charge in [-0.1, -0.05) is 12.1 Å². The highest BCUT2D eigenvalue weighted by atomic mass is 19.1. The minimum atomic E-state index is -0.547. The van der Waals surface area contributed by atoms with Crippen LogP contribution in [0.4, 0.5) is 20.2 Å². The zero-order chi connectivity index (χ0) is 29.5. The van der Waals surface area contributed by atoms with Gasteiger partial charge in [-0.15, -0.1) is 0 Å². The second-order valence-electron chi connectivity index (χ2n) is 8.83. The number of methoxy groups -OCH3 is 4. The van der Waals surface area contributed by atoms with Crippen molar-refractivity contribution in [1.82, 2.24) is 0 Å². The Morgan fingerprint density at radius 3 is 1.29 bits per heavy atom. The maximum Gasteiger partial charge on any atom is 0.255 e. The number of hydrogen-bond acceptors (Lipinski definition) is 6. The molecular weight excluding hydrogens is 534 g/mol. The number of nitrogens with one attached hydrogen (secondary N) is 2. The zero-order valence-electron chi connectivity index (χ0n) is 22.8. The number of ether oxygens (including phenoxy) is 4. The van der Waals surface area contributed by atoms with E-state index in [1.165, 1.54) is 64.8 Å². The summed E-state index contributed by atoms with van der Waals surface area (Å²) in [5, 5.41) is 5.64. The Morgan fingerprint density at radius 2 is 0.951 bits per heavy atom. The number of benzene rings is 4. The molecule has 8 nitrogen and oxygen atoms in total. The lowest BCUT2D eigenvalue weighted by Crippen LogP contribution is -2.16. The number of carbonyl (C=O) groups excluding carboxylic acids is 2. The molecule has 0 heterocycles. The normalized spacial score (nSPS) is 10.5. The van der Waals surface area contributed by atoms with Crippen LogP contribution in [0.1, 0.15) is 31.8 Å². The number of amides is 2. The number of rotatable bonds is 10. The molecule has 0 radical (unpaired) electrons. The first-order valence-corrected chi connectivity index (χ1v) is 12.4. The Balaban J connectivity index is 1.78. The monoisotopic (exact) mass is 562 g/mol. The highest BCUT2D eigenvalue weighted by Crippen LogP contribution is 2.39. The quantitative estimate of drug-likeness (QED) is 0.243. The molecule has 4 rings (SSSR count). The van der Waals surface area contributed by atoms with Crippen molar-refractivity contribution in [2.75, 3.05) is 39.1 Å². The number of carbonyl (C=O) groups is 2. The van der Waals surface area contributed by atoms with E-state index >= 15 is 0 Å². The van der Waals surface area contributed by atoms with E-state index in [2.05, 4.69) is 10.6 Å². The van der Waals surface area contributed by atoms with E-state index < -0.39 is 23.4 Å². The largest absolute Gasteiger partial charge is 0.493 e. The summed E-state index contributed by atoms with van der Waals surface area (Å²) in [4.78, 5) is 26.1. The van der Waals surface area contributed by atoms with Gasteiger partial charge in [0.15, 0.2) is 23.0 Å². The van der Waals surface area contributed by atoms with Crippen molar-refractivity contribution in [3.05, 3.63) is 107 Å². The molecule has 10 heteroatoms. The second-order valence-corrected chi connectivity index (χ2v) is 8.83. The summed E-state index contributed by atoms with van der Waals surface area (Å²) in [7, 11) is 5.88. The van der Waals surface area contributed by atoms with E-state index in [4.69, 9.17) is 18.9 Å². The summed E-state index contributed by atoms with van der Waals surface area (Å²) in [6.45, 7) is 0. The van der Waals surface area contributed by atoms with Crippen LogP contribution in [0, 0.1) is 11.6 Å². The average Bonchev–Trinajstić information content (AvgIpc) is 2.98. The van der Waals surface area contributed by atoms with Crippen molar-refractivity contribution in [3.8, 4) is 23.0 Å². The fourth-order valence-corrected chi connectivity index (χ4v) is 4.22. The molecule has 0 aliphatic rings. The summed E-state index contributed by atoms with van der Waals surface area (Å²) in [6, 6.07) is 17.2. The molecule has 0 unspecified atom stereocenters. The van der Waals surface area contributed by atoms with E-state index in [-0.39, 0.29) is 17.5 Å². The fraction of sp³-hybridized carbons (Fsp3) is 0.161. The molecule has 212 valence electrons. The van der Waals surface area contributed by atoms with E-state index in [0.29, 0.717) is 45.5 Å². The van der Waals surface area contributed by atoms with Crippen molar-refractivity contribution < 1.29 is 37.3 Å². The zero-order valence-corrected chi connectivity index (χ0v) is 22.8. The van der Waals surface area contributed by atoms with Crippen LogP contribution in [0.5, 0.6) is 23.0 Å². The number of hydrogen-bond donors (Lipinski definition) is 2. The van der Waals surface area contributed by atoms with Crippen molar-refractivity contribution in [2.45, 2.75) is 6.42 Å². The third-order valence-electron chi connectivity index (χ3n) is 6.27. The Bertz CT molecular complexity index is 1470.